The molecule has 0 fully saturated rings. The molecule has 38 heavy (non-hydrogen) atoms. The van der Waals surface area contributed by atoms with Crippen LogP contribution in [-0.4, -0.2) is 75.3 Å². The average Bonchev–Trinajstić information content (AvgIpc) is 2.86. The van der Waals surface area contributed by atoms with E-state index in [4.69, 9.17) is 5.73 Å². The first kappa shape index (κ1) is 29.9. The molecule has 0 heterocycles. The Morgan fingerprint density at radius 3 is 1.68 bits per heavy atom. The number of nitrogens with two attached hydrogens (primary N) is 1. The Labute approximate surface area is 219 Å². The van der Waals surface area contributed by atoms with Crippen LogP contribution in [0.25, 0.3) is 0 Å². The van der Waals surface area contributed by atoms with Crippen molar-refractivity contribution >= 4 is 29.7 Å². The minimum Gasteiger partial charge on any atom is -0.481 e. The van der Waals surface area contributed by atoms with E-state index in [1.54, 1.807) is 54.6 Å². The summed E-state index contributed by atoms with van der Waals surface area (Å²) in [5.74, 6) is -5.62. The van der Waals surface area contributed by atoms with E-state index < -0.39 is 66.4 Å². The fourth-order valence-electron chi connectivity index (χ4n) is 3.60. The summed E-state index contributed by atoms with van der Waals surface area (Å²) in [4.78, 5) is 61.4. The van der Waals surface area contributed by atoms with Crippen molar-refractivity contribution in [3.05, 3.63) is 71.8 Å². The smallest absolute Gasteiger partial charge is 0.328 e. The molecule has 12 nitrogen and oxygen atoms in total. The highest BCUT2D eigenvalue weighted by Gasteiger charge is 2.33. The summed E-state index contributed by atoms with van der Waals surface area (Å²) in [7, 11) is 0. The lowest BCUT2D eigenvalue weighted by Gasteiger charge is -2.25. The fourth-order valence-corrected chi connectivity index (χ4v) is 3.60. The molecule has 0 aromatic heterocycles. The van der Waals surface area contributed by atoms with Crippen molar-refractivity contribution in [1.29, 1.82) is 0 Å². The molecule has 204 valence electrons. The molecule has 3 amide bonds. The van der Waals surface area contributed by atoms with E-state index in [2.05, 4.69) is 10.6 Å². The molecule has 12 heteroatoms. The van der Waals surface area contributed by atoms with E-state index >= 15 is 0 Å². The lowest BCUT2D eigenvalue weighted by atomic mass is 10.0. The van der Waals surface area contributed by atoms with Gasteiger partial charge in [0.2, 0.25) is 17.7 Å². The predicted octanol–water partition coefficient (Wildman–Crippen LogP) is -0.806. The van der Waals surface area contributed by atoms with Gasteiger partial charge in [-0.25, -0.2) is 4.79 Å². The Morgan fingerprint density at radius 1 is 0.737 bits per heavy atom. The maximum absolute atomic E-state index is 13.2. The standard InChI is InChI=1S/C26H32N4O8/c1-15(31)22(26(37)38)30-25(36)20(14-21(32)33)29-24(35)19(13-17-10-6-3-7-11-17)28-23(34)18(27)12-16-8-4-2-5-9-16/h2-11,15,18-20,22,31H,12-14,27H2,1H3,(H,28,34)(H,29,35)(H,30,36)(H,32,33)(H,37,38). The first-order valence-corrected chi connectivity index (χ1v) is 11.8. The van der Waals surface area contributed by atoms with Crippen molar-refractivity contribution in [2.24, 2.45) is 5.73 Å². The Morgan fingerprint density at radius 2 is 1.21 bits per heavy atom. The van der Waals surface area contributed by atoms with E-state index in [0.29, 0.717) is 5.56 Å². The van der Waals surface area contributed by atoms with Crippen molar-refractivity contribution in [2.45, 2.75) is 56.5 Å². The minimum absolute atomic E-state index is 0.00328. The topological polar surface area (TPSA) is 208 Å². The molecule has 2 aromatic carbocycles. The molecule has 0 bridgehead atoms. The van der Waals surface area contributed by atoms with Gasteiger partial charge in [0, 0.05) is 6.42 Å². The van der Waals surface area contributed by atoms with Crippen LogP contribution in [0.5, 0.6) is 0 Å². The van der Waals surface area contributed by atoms with Gasteiger partial charge < -0.3 is 37.0 Å². The number of carbonyl (C=O) groups is 5. The summed E-state index contributed by atoms with van der Waals surface area (Å²) in [6.07, 6.45) is -2.16. The van der Waals surface area contributed by atoms with Gasteiger partial charge in [-0.15, -0.1) is 0 Å². The Bertz CT molecular complexity index is 1110. The van der Waals surface area contributed by atoms with Crippen LogP contribution in [0.15, 0.2) is 60.7 Å². The molecule has 8 N–H and O–H groups in total. The lowest BCUT2D eigenvalue weighted by Crippen LogP contribution is -2.59. The summed E-state index contributed by atoms with van der Waals surface area (Å²) in [5.41, 5.74) is 7.53. The lowest BCUT2D eigenvalue weighted by molar-refractivity contribution is -0.146. The number of aliphatic carboxylic acids is 2. The van der Waals surface area contributed by atoms with Gasteiger partial charge in [-0.05, 0) is 24.5 Å². The van der Waals surface area contributed by atoms with Crippen LogP contribution in [0, 0.1) is 0 Å². The highest BCUT2D eigenvalue weighted by molar-refractivity contribution is 5.95. The number of aliphatic hydroxyl groups excluding tert-OH is 1. The first-order chi connectivity index (χ1) is 18.0. The third-order valence-electron chi connectivity index (χ3n) is 5.61. The summed E-state index contributed by atoms with van der Waals surface area (Å²) >= 11 is 0. The molecule has 0 saturated heterocycles. The number of rotatable bonds is 14. The molecule has 5 unspecified atom stereocenters. The zero-order valence-electron chi connectivity index (χ0n) is 20.7. The van der Waals surface area contributed by atoms with E-state index in [-0.39, 0.29) is 12.8 Å². The second-order valence-electron chi connectivity index (χ2n) is 8.77. The maximum atomic E-state index is 13.2. The van der Waals surface area contributed by atoms with Gasteiger partial charge in [-0.3, -0.25) is 19.2 Å². The predicted molar refractivity (Wildman–Crippen MR) is 136 cm³/mol. The third-order valence-corrected chi connectivity index (χ3v) is 5.61. The number of aliphatic hydroxyl groups is 1. The molecule has 0 radical (unpaired) electrons. The van der Waals surface area contributed by atoms with Crippen molar-refractivity contribution < 1.29 is 39.3 Å². The SMILES string of the molecule is CC(O)C(NC(=O)C(CC(=O)O)NC(=O)C(Cc1ccccc1)NC(=O)C(N)Cc1ccccc1)C(=O)O. The van der Waals surface area contributed by atoms with E-state index in [9.17, 15) is 39.3 Å². The number of amides is 3. The molecule has 0 aliphatic carbocycles. The first-order valence-electron chi connectivity index (χ1n) is 11.8. The summed E-state index contributed by atoms with van der Waals surface area (Å²) < 4.78 is 0. The van der Waals surface area contributed by atoms with Gasteiger partial charge >= 0.3 is 11.9 Å². The van der Waals surface area contributed by atoms with Crippen LogP contribution in [0.4, 0.5) is 0 Å². The van der Waals surface area contributed by atoms with Crippen molar-refractivity contribution in [3.63, 3.8) is 0 Å². The van der Waals surface area contributed by atoms with Crippen molar-refractivity contribution in [3.8, 4) is 0 Å². The number of carboxylic acids is 2. The summed E-state index contributed by atoms with van der Waals surface area (Å²) in [6.45, 7) is 1.13. The second kappa shape index (κ2) is 14.4. The molecular weight excluding hydrogens is 496 g/mol. The molecule has 2 rings (SSSR count). The molecule has 0 spiro atoms. The van der Waals surface area contributed by atoms with Crippen LogP contribution in [-0.2, 0) is 36.8 Å². The summed E-state index contributed by atoms with van der Waals surface area (Å²) in [6, 6.07) is 12.0. The number of benzene rings is 2. The van der Waals surface area contributed by atoms with Crippen LogP contribution in [0.2, 0.25) is 0 Å². The number of nitrogens with one attached hydrogen (secondary N) is 3. The molecular formula is C26H32N4O8. The van der Waals surface area contributed by atoms with E-state index in [1.165, 1.54) is 0 Å². The van der Waals surface area contributed by atoms with Crippen molar-refractivity contribution in [2.75, 3.05) is 0 Å². The molecule has 0 saturated carbocycles. The second-order valence-corrected chi connectivity index (χ2v) is 8.77. The van der Waals surface area contributed by atoms with Gasteiger partial charge in [0.1, 0.15) is 12.1 Å². The molecule has 0 aliphatic rings. The van der Waals surface area contributed by atoms with Crippen molar-refractivity contribution in [1.82, 2.24) is 16.0 Å². The van der Waals surface area contributed by atoms with Gasteiger partial charge in [0.15, 0.2) is 6.04 Å². The number of hydrogen-bond acceptors (Lipinski definition) is 7. The third kappa shape index (κ3) is 9.64. The van der Waals surface area contributed by atoms with Crippen LogP contribution >= 0.6 is 0 Å². The molecule has 2 aromatic rings. The van der Waals surface area contributed by atoms with Gasteiger partial charge in [-0.2, -0.15) is 0 Å². The largest absolute Gasteiger partial charge is 0.481 e. The summed E-state index contributed by atoms with van der Waals surface area (Å²) in [5, 5.41) is 35.0. The fraction of sp³-hybridized carbons (Fsp3) is 0.346. The Hall–Kier alpha value is -4.29. The van der Waals surface area contributed by atoms with Gasteiger partial charge in [0.25, 0.3) is 0 Å². The number of hydrogen-bond donors (Lipinski definition) is 7. The molecule has 5 atom stereocenters. The van der Waals surface area contributed by atoms with Crippen LogP contribution < -0.4 is 21.7 Å². The minimum atomic E-state index is -1.73. The quantitative estimate of drug-likeness (QED) is 0.163. The highest BCUT2D eigenvalue weighted by atomic mass is 16.4. The van der Waals surface area contributed by atoms with E-state index in [0.717, 1.165) is 12.5 Å². The van der Waals surface area contributed by atoms with Crippen LogP contribution in [0.3, 0.4) is 0 Å². The number of carbonyl (C=O) groups excluding carboxylic acids is 3. The monoisotopic (exact) mass is 528 g/mol. The average molecular weight is 529 g/mol. The number of carboxylic acid groups (broad SMARTS) is 2. The molecule has 0 aliphatic heterocycles. The Balaban J connectivity index is 2.22. The van der Waals surface area contributed by atoms with Gasteiger partial charge in [-0.1, -0.05) is 60.7 Å². The van der Waals surface area contributed by atoms with Crippen LogP contribution in [0.1, 0.15) is 24.5 Å². The normalized spacial score (nSPS) is 14.7. The van der Waals surface area contributed by atoms with E-state index in [1.807, 2.05) is 11.4 Å². The maximum Gasteiger partial charge on any atom is 0.328 e. The Kier molecular flexibility index (Phi) is 11.4. The van der Waals surface area contributed by atoms with Gasteiger partial charge in [0.05, 0.1) is 18.6 Å². The zero-order valence-corrected chi connectivity index (χ0v) is 20.7. The highest BCUT2D eigenvalue weighted by Crippen LogP contribution is 2.07. The zero-order chi connectivity index (χ0) is 28.2.